The molecule has 2 rings (SSSR count). The standard InChI is InChI=1S/C14H16FN3O2/c1-18-8-10(7-17-18)14(16)11(19)6-9-4-3-5-12(20-2)13(9)15/h3-5,7-8,14H,6,16H2,1-2H3. The van der Waals surface area contributed by atoms with Crippen molar-refractivity contribution in [3.63, 3.8) is 0 Å². The summed E-state index contributed by atoms with van der Waals surface area (Å²) in [6, 6.07) is 3.88. The average molecular weight is 277 g/mol. The van der Waals surface area contributed by atoms with Gasteiger partial charge in [0.25, 0.3) is 0 Å². The Balaban J connectivity index is 2.16. The van der Waals surface area contributed by atoms with Crippen LogP contribution in [0.2, 0.25) is 0 Å². The molecule has 2 aromatic rings. The van der Waals surface area contributed by atoms with E-state index in [9.17, 15) is 9.18 Å². The number of benzene rings is 1. The molecule has 0 spiro atoms. The van der Waals surface area contributed by atoms with Gasteiger partial charge in [0.2, 0.25) is 0 Å². The highest BCUT2D eigenvalue weighted by atomic mass is 19.1. The number of ketones is 1. The van der Waals surface area contributed by atoms with Gasteiger partial charge in [-0.15, -0.1) is 0 Å². The van der Waals surface area contributed by atoms with Crippen molar-refractivity contribution < 1.29 is 13.9 Å². The summed E-state index contributed by atoms with van der Waals surface area (Å²) in [4.78, 5) is 12.1. The normalized spacial score (nSPS) is 12.2. The number of aromatic nitrogens is 2. The molecule has 0 saturated heterocycles. The fraction of sp³-hybridized carbons (Fsp3) is 0.286. The van der Waals surface area contributed by atoms with E-state index in [2.05, 4.69) is 5.10 Å². The zero-order chi connectivity index (χ0) is 14.7. The second kappa shape index (κ2) is 5.83. The minimum Gasteiger partial charge on any atom is -0.494 e. The Morgan fingerprint density at radius 1 is 1.55 bits per heavy atom. The Morgan fingerprint density at radius 3 is 2.90 bits per heavy atom. The summed E-state index contributed by atoms with van der Waals surface area (Å²) in [5.41, 5.74) is 6.75. The summed E-state index contributed by atoms with van der Waals surface area (Å²) >= 11 is 0. The Morgan fingerprint density at radius 2 is 2.30 bits per heavy atom. The van der Waals surface area contributed by atoms with E-state index in [0.717, 1.165) is 0 Å². The van der Waals surface area contributed by atoms with Crippen molar-refractivity contribution in [2.45, 2.75) is 12.5 Å². The lowest BCUT2D eigenvalue weighted by atomic mass is 10.00. The lowest BCUT2D eigenvalue weighted by Gasteiger charge is -2.10. The second-order valence-electron chi connectivity index (χ2n) is 4.50. The molecule has 0 saturated carbocycles. The number of halogens is 1. The van der Waals surface area contributed by atoms with E-state index in [1.165, 1.54) is 19.4 Å². The number of hydrogen-bond donors (Lipinski definition) is 1. The van der Waals surface area contributed by atoms with Gasteiger partial charge in [0.05, 0.1) is 19.3 Å². The van der Waals surface area contributed by atoms with Crippen LogP contribution < -0.4 is 10.5 Å². The van der Waals surface area contributed by atoms with Crippen molar-refractivity contribution in [3.05, 3.63) is 47.5 Å². The second-order valence-corrected chi connectivity index (χ2v) is 4.50. The molecule has 1 aromatic heterocycles. The summed E-state index contributed by atoms with van der Waals surface area (Å²) in [5.74, 6) is -0.683. The molecule has 0 bridgehead atoms. The fourth-order valence-corrected chi connectivity index (χ4v) is 1.93. The van der Waals surface area contributed by atoms with Crippen LogP contribution in [-0.2, 0) is 18.3 Å². The zero-order valence-electron chi connectivity index (χ0n) is 11.3. The first-order valence-corrected chi connectivity index (χ1v) is 6.11. The molecule has 5 nitrogen and oxygen atoms in total. The quantitative estimate of drug-likeness (QED) is 0.896. The lowest BCUT2D eigenvalue weighted by molar-refractivity contribution is -0.119. The smallest absolute Gasteiger partial charge is 0.168 e. The van der Waals surface area contributed by atoms with Crippen LogP contribution in [0.15, 0.2) is 30.6 Å². The number of methoxy groups -OCH3 is 1. The van der Waals surface area contributed by atoms with Gasteiger partial charge in [-0.05, 0) is 11.6 Å². The average Bonchev–Trinajstić information content (AvgIpc) is 2.86. The Hall–Kier alpha value is -2.21. The fourth-order valence-electron chi connectivity index (χ4n) is 1.93. The van der Waals surface area contributed by atoms with Crippen molar-refractivity contribution in [3.8, 4) is 5.75 Å². The number of ether oxygens (including phenoxy) is 1. The monoisotopic (exact) mass is 277 g/mol. The van der Waals surface area contributed by atoms with E-state index < -0.39 is 11.9 Å². The Labute approximate surface area is 116 Å². The van der Waals surface area contributed by atoms with Crippen molar-refractivity contribution in [1.29, 1.82) is 0 Å². The zero-order valence-corrected chi connectivity index (χ0v) is 11.3. The van der Waals surface area contributed by atoms with Gasteiger partial charge in [-0.25, -0.2) is 4.39 Å². The van der Waals surface area contributed by atoms with Crippen molar-refractivity contribution >= 4 is 5.78 Å². The maximum atomic E-state index is 14.0. The number of carbonyl (C=O) groups excluding carboxylic acids is 1. The maximum absolute atomic E-state index is 14.0. The van der Waals surface area contributed by atoms with E-state index in [1.54, 1.807) is 30.1 Å². The molecule has 106 valence electrons. The number of nitrogens with two attached hydrogens (primary N) is 1. The van der Waals surface area contributed by atoms with E-state index in [-0.39, 0.29) is 23.5 Å². The Kier molecular flexibility index (Phi) is 4.14. The highest BCUT2D eigenvalue weighted by molar-refractivity contribution is 5.87. The summed E-state index contributed by atoms with van der Waals surface area (Å²) in [6.45, 7) is 0. The molecule has 2 N–H and O–H groups in total. The van der Waals surface area contributed by atoms with Crippen LogP contribution in [0.3, 0.4) is 0 Å². The lowest BCUT2D eigenvalue weighted by Crippen LogP contribution is -2.23. The minimum absolute atomic E-state index is 0.0842. The van der Waals surface area contributed by atoms with E-state index in [1.807, 2.05) is 0 Å². The molecule has 0 amide bonds. The molecule has 1 atom stereocenters. The first-order chi connectivity index (χ1) is 9.52. The van der Waals surface area contributed by atoms with Gasteiger partial charge in [-0.2, -0.15) is 5.10 Å². The summed E-state index contributed by atoms with van der Waals surface area (Å²) in [7, 11) is 3.12. The van der Waals surface area contributed by atoms with Gasteiger partial charge in [0.1, 0.15) is 0 Å². The topological polar surface area (TPSA) is 70.1 Å². The van der Waals surface area contributed by atoms with E-state index >= 15 is 0 Å². The molecule has 20 heavy (non-hydrogen) atoms. The third kappa shape index (κ3) is 2.85. The predicted octanol–water partition coefficient (Wildman–Crippen LogP) is 1.38. The molecular formula is C14H16FN3O2. The maximum Gasteiger partial charge on any atom is 0.168 e. The predicted molar refractivity (Wildman–Crippen MR) is 71.8 cm³/mol. The van der Waals surface area contributed by atoms with Gasteiger partial charge in [0, 0.05) is 25.2 Å². The van der Waals surface area contributed by atoms with Crippen LogP contribution in [0.25, 0.3) is 0 Å². The third-order valence-corrected chi connectivity index (χ3v) is 3.06. The van der Waals surface area contributed by atoms with Crippen LogP contribution in [0.5, 0.6) is 5.75 Å². The van der Waals surface area contributed by atoms with E-state index in [4.69, 9.17) is 10.5 Å². The van der Waals surface area contributed by atoms with E-state index in [0.29, 0.717) is 5.56 Å². The molecule has 0 fully saturated rings. The number of aryl methyl sites for hydroxylation is 1. The third-order valence-electron chi connectivity index (χ3n) is 3.06. The van der Waals surface area contributed by atoms with Gasteiger partial charge in [-0.1, -0.05) is 12.1 Å². The minimum atomic E-state index is -0.811. The number of hydrogen-bond acceptors (Lipinski definition) is 4. The van der Waals surface area contributed by atoms with Crippen LogP contribution in [-0.4, -0.2) is 22.7 Å². The molecular weight excluding hydrogens is 261 g/mol. The SMILES string of the molecule is COc1cccc(CC(=O)C(N)c2cnn(C)c2)c1F. The first kappa shape index (κ1) is 14.2. The summed E-state index contributed by atoms with van der Waals surface area (Å²) in [5, 5.41) is 3.96. The number of rotatable bonds is 5. The number of nitrogens with zero attached hydrogens (tertiary/aromatic N) is 2. The number of Topliss-reactive ketones (excluding diaryl/α,β-unsaturated/α-hetero) is 1. The Bertz CT molecular complexity index is 625. The molecule has 1 unspecified atom stereocenters. The van der Waals surface area contributed by atoms with Crippen molar-refractivity contribution in [2.24, 2.45) is 12.8 Å². The number of carbonyl (C=O) groups is 1. The van der Waals surface area contributed by atoms with Gasteiger partial charge in [0.15, 0.2) is 17.3 Å². The van der Waals surface area contributed by atoms with Gasteiger partial charge >= 0.3 is 0 Å². The highest BCUT2D eigenvalue weighted by Crippen LogP contribution is 2.22. The largest absolute Gasteiger partial charge is 0.494 e. The van der Waals surface area contributed by atoms with Gasteiger partial charge in [-0.3, -0.25) is 9.48 Å². The summed E-state index contributed by atoms with van der Waals surface area (Å²) in [6.07, 6.45) is 3.12. The van der Waals surface area contributed by atoms with Crippen molar-refractivity contribution in [2.75, 3.05) is 7.11 Å². The summed E-state index contributed by atoms with van der Waals surface area (Å²) < 4.78 is 20.4. The van der Waals surface area contributed by atoms with Crippen LogP contribution >= 0.6 is 0 Å². The van der Waals surface area contributed by atoms with Crippen molar-refractivity contribution in [1.82, 2.24) is 9.78 Å². The molecule has 1 aromatic carbocycles. The molecule has 0 radical (unpaired) electrons. The van der Waals surface area contributed by atoms with Crippen LogP contribution in [0.1, 0.15) is 17.2 Å². The van der Waals surface area contributed by atoms with Crippen LogP contribution in [0.4, 0.5) is 4.39 Å². The molecule has 6 heteroatoms. The molecule has 0 aliphatic carbocycles. The highest BCUT2D eigenvalue weighted by Gasteiger charge is 2.20. The molecule has 0 aliphatic heterocycles. The first-order valence-electron chi connectivity index (χ1n) is 6.11. The van der Waals surface area contributed by atoms with Crippen LogP contribution in [0, 0.1) is 5.82 Å². The molecule has 1 heterocycles. The van der Waals surface area contributed by atoms with Gasteiger partial charge < -0.3 is 10.5 Å². The molecule has 0 aliphatic rings.